The average molecular weight is 238 g/mol. The van der Waals surface area contributed by atoms with Crippen LogP contribution in [0.4, 0.5) is 5.13 Å². The van der Waals surface area contributed by atoms with E-state index < -0.39 is 5.41 Å². The van der Waals surface area contributed by atoms with Crippen molar-refractivity contribution < 1.29 is 9.53 Å². The second kappa shape index (κ2) is 4.55. The van der Waals surface area contributed by atoms with E-state index in [2.05, 4.69) is 21.6 Å². The number of rotatable bonds is 2. The highest BCUT2D eigenvalue weighted by molar-refractivity contribution is 7.13. The molecule has 0 spiro atoms. The molecule has 1 aliphatic heterocycles. The number of carbonyl (C=O) groups is 1. The number of nitrogens with one attached hydrogen (secondary N) is 1. The van der Waals surface area contributed by atoms with Gasteiger partial charge in [0.25, 0.3) is 0 Å². The van der Waals surface area contributed by atoms with Crippen LogP contribution in [0.2, 0.25) is 0 Å². The monoisotopic (exact) mass is 238 g/mol. The molecule has 1 amide bonds. The van der Waals surface area contributed by atoms with Crippen LogP contribution < -0.4 is 5.32 Å². The molecule has 1 fully saturated rings. The maximum absolute atomic E-state index is 12.0. The molecule has 2 rings (SSSR count). The van der Waals surface area contributed by atoms with Gasteiger partial charge in [-0.05, 0) is 12.8 Å². The number of anilines is 1. The number of carbonyl (C=O) groups excluding carboxylic acids is 1. The van der Waals surface area contributed by atoms with E-state index in [4.69, 9.17) is 10.00 Å². The Labute approximate surface area is 96.2 Å². The predicted molar refractivity (Wildman–Crippen MR) is 56.6 cm³/mol. The number of amides is 1. The summed E-state index contributed by atoms with van der Waals surface area (Å²) in [7, 11) is 0. The van der Waals surface area contributed by atoms with Gasteiger partial charge in [0.15, 0.2) is 0 Å². The molecular formula is C9H10N4O2S. The van der Waals surface area contributed by atoms with Gasteiger partial charge < -0.3 is 4.74 Å². The first kappa shape index (κ1) is 11.0. The van der Waals surface area contributed by atoms with E-state index in [-0.39, 0.29) is 5.91 Å². The quantitative estimate of drug-likeness (QED) is 0.823. The molecule has 0 aromatic carbocycles. The third kappa shape index (κ3) is 2.03. The van der Waals surface area contributed by atoms with Crippen molar-refractivity contribution >= 4 is 22.4 Å². The smallest absolute Gasteiger partial charge is 0.246 e. The first-order chi connectivity index (χ1) is 7.77. The molecular weight excluding hydrogens is 228 g/mol. The maximum Gasteiger partial charge on any atom is 0.246 e. The molecule has 7 heteroatoms. The first-order valence-electron chi connectivity index (χ1n) is 4.83. The minimum Gasteiger partial charge on any atom is -0.381 e. The largest absolute Gasteiger partial charge is 0.381 e. The Balaban J connectivity index is 2.10. The highest BCUT2D eigenvalue weighted by atomic mass is 32.1. The predicted octanol–water partition coefficient (Wildman–Crippen LogP) is 0.797. The average Bonchev–Trinajstić information content (AvgIpc) is 2.82. The Morgan fingerprint density at radius 2 is 2.38 bits per heavy atom. The van der Waals surface area contributed by atoms with Gasteiger partial charge in [-0.2, -0.15) is 5.26 Å². The molecule has 0 bridgehead atoms. The van der Waals surface area contributed by atoms with Crippen LogP contribution >= 0.6 is 11.3 Å². The second-order valence-corrected chi connectivity index (χ2v) is 4.34. The van der Waals surface area contributed by atoms with Gasteiger partial charge in [-0.1, -0.05) is 11.3 Å². The van der Waals surface area contributed by atoms with Crippen LogP contribution in [0.5, 0.6) is 0 Å². The van der Waals surface area contributed by atoms with Crippen LogP contribution in [0.1, 0.15) is 12.8 Å². The fourth-order valence-corrected chi connectivity index (χ4v) is 1.99. The van der Waals surface area contributed by atoms with E-state index >= 15 is 0 Å². The minimum atomic E-state index is -0.982. The highest BCUT2D eigenvalue weighted by Gasteiger charge is 2.40. The molecule has 84 valence electrons. The molecule has 1 N–H and O–H groups in total. The van der Waals surface area contributed by atoms with Crippen LogP contribution in [0.25, 0.3) is 0 Å². The van der Waals surface area contributed by atoms with E-state index in [9.17, 15) is 4.79 Å². The van der Waals surface area contributed by atoms with Crippen molar-refractivity contribution in [2.24, 2.45) is 5.41 Å². The molecule has 0 radical (unpaired) electrons. The van der Waals surface area contributed by atoms with Crippen LogP contribution in [-0.2, 0) is 9.53 Å². The Morgan fingerprint density at radius 3 is 2.94 bits per heavy atom. The maximum atomic E-state index is 12.0. The zero-order chi connectivity index (χ0) is 11.4. The van der Waals surface area contributed by atoms with Crippen molar-refractivity contribution in [1.82, 2.24) is 10.2 Å². The Hall–Kier alpha value is -1.52. The number of nitriles is 1. The van der Waals surface area contributed by atoms with Gasteiger partial charge in [0, 0.05) is 13.2 Å². The molecule has 16 heavy (non-hydrogen) atoms. The zero-order valence-corrected chi connectivity index (χ0v) is 9.29. The van der Waals surface area contributed by atoms with Crippen LogP contribution in [0, 0.1) is 16.7 Å². The van der Waals surface area contributed by atoms with Gasteiger partial charge in [0.2, 0.25) is 11.0 Å². The number of aromatic nitrogens is 2. The molecule has 0 atom stereocenters. The lowest BCUT2D eigenvalue weighted by Gasteiger charge is -2.28. The SMILES string of the molecule is N#CC1(C(=O)Nc2nncs2)CCOCC1. The molecule has 0 unspecified atom stereocenters. The number of hydrogen-bond donors (Lipinski definition) is 1. The number of ether oxygens (including phenoxy) is 1. The van der Waals surface area contributed by atoms with E-state index in [1.54, 1.807) is 0 Å². The molecule has 1 saturated heterocycles. The summed E-state index contributed by atoms with van der Waals surface area (Å²) >= 11 is 1.23. The van der Waals surface area contributed by atoms with Crippen LogP contribution in [-0.4, -0.2) is 29.3 Å². The fraction of sp³-hybridized carbons (Fsp3) is 0.556. The van der Waals surface area contributed by atoms with E-state index in [0.29, 0.717) is 31.2 Å². The van der Waals surface area contributed by atoms with Crippen LogP contribution in [0.3, 0.4) is 0 Å². The summed E-state index contributed by atoms with van der Waals surface area (Å²) in [6, 6.07) is 2.09. The van der Waals surface area contributed by atoms with E-state index in [0.717, 1.165) is 0 Å². The summed E-state index contributed by atoms with van der Waals surface area (Å²) in [5.41, 5.74) is 0.544. The van der Waals surface area contributed by atoms with Gasteiger partial charge in [0.05, 0.1) is 6.07 Å². The number of nitrogens with zero attached hydrogens (tertiary/aromatic N) is 3. The Bertz CT molecular complexity index is 406. The van der Waals surface area contributed by atoms with Gasteiger partial charge in [-0.25, -0.2) is 0 Å². The Kier molecular flexibility index (Phi) is 3.12. The zero-order valence-electron chi connectivity index (χ0n) is 8.47. The summed E-state index contributed by atoms with van der Waals surface area (Å²) in [5, 5.41) is 19.5. The van der Waals surface area contributed by atoms with Crippen molar-refractivity contribution in [3.8, 4) is 6.07 Å². The normalized spacial score (nSPS) is 18.7. The molecule has 1 aliphatic rings. The van der Waals surface area contributed by atoms with Crippen LogP contribution in [0.15, 0.2) is 5.51 Å². The molecule has 1 aromatic rings. The Morgan fingerprint density at radius 1 is 1.62 bits per heavy atom. The van der Waals surface area contributed by atoms with Crippen molar-refractivity contribution in [1.29, 1.82) is 5.26 Å². The second-order valence-electron chi connectivity index (χ2n) is 3.50. The molecule has 0 saturated carbocycles. The third-order valence-corrected chi connectivity index (χ3v) is 3.18. The number of hydrogen-bond acceptors (Lipinski definition) is 6. The van der Waals surface area contributed by atoms with Gasteiger partial charge in [0.1, 0.15) is 10.9 Å². The van der Waals surface area contributed by atoms with Gasteiger partial charge in [-0.15, -0.1) is 10.2 Å². The molecule has 2 heterocycles. The third-order valence-electron chi connectivity index (χ3n) is 2.58. The lowest BCUT2D eigenvalue weighted by atomic mass is 9.81. The lowest BCUT2D eigenvalue weighted by Crippen LogP contribution is -2.39. The molecule has 0 aliphatic carbocycles. The van der Waals surface area contributed by atoms with Crippen molar-refractivity contribution in [2.75, 3.05) is 18.5 Å². The summed E-state index contributed by atoms with van der Waals surface area (Å²) in [6.45, 7) is 0.883. The highest BCUT2D eigenvalue weighted by Crippen LogP contribution is 2.31. The van der Waals surface area contributed by atoms with Crippen molar-refractivity contribution in [3.63, 3.8) is 0 Å². The fourth-order valence-electron chi connectivity index (χ4n) is 1.55. The summed E-state index contributed by atoms with van der Waals surface area (Å²) < 4.78 is 5.16. The standard InChI is InChI=1S/C9H10N4O2S/c10-5-9(1-3-15-4-2-9)7(14)12-8-13-11-6-16-8/h6H,1-4H2,(H,12,13,14). The van der Waals surface area contributed by atoms with E-state index in [1.807, 2.05) is 0 Å². The topological polar surface area (TPSA) is 87.9 Å². The minimum absolute atomic E-state index is 0.310. The van der Waals surface area contributed by atoms with Gasteiger partial charge >= 0.3 is 0 Å². The molecule has 6 nitrogen and oxygen atoms in total. The summed E-state index contributed by atoms with van der Waals surface area (Å²) in [6.07, 6.45) is 0.849. The molecule has 1 aromatic heterocycles. The van der Waals surface area contributed by atoms with Crippen molar-refractivity contribution in [2.45, 2.75) is 12.8 Å². The summed E-state index contributed by atoms with van der Waals surface area (Å²) in [5.74, 6) is -0.310. The first-order valence-corrected chi connectivity index (χ1v) is 5.71. The van der Waals surface area contributed by atoms with Crippen molar-refractivity contribution in [3.05, 3.63) is 5.51 Å². The van der Waals surface area contributed by atoms with E-state index in [1.165, 1.54) is 16.8 Å². The summed E-state index contributed by atoms with van der Waals surface area (Å²) in [4.78, 5) is 12.0. The van der Waals surface area contributed by atoms with Gasteiger partial charge in [-0.3, -0.25) is 10.1 Å². The lowest BCUT2D eigenvalue weighted by molar-refractivity contribution is -0.126.